The van der Waals surface area contributed by atoms with Gasteiger partial charge in [0.25, 0.3) is 0 Å². The average Bonchev–Trinajstić information content (AvgIpc) is 3.48. The summed E-state index contributed by atoms with van der Waals surface area (Å²) in [5.74, 6) is 0.768. The number of nitrogens with zero attached hydrogens (tertiary/aromatic N) is 3. The van der Waals surface area contributed by atoms with Crippen LogP contribution in [0.1, 0.15) is 6.42 Å². The van der Waals surface area contributed by atoms with Crippen LogP contribution in [-0.4, -0.2) is 47.6 Å². The Hall–Kier alpha value is -2.75. The molecule has 1 aliphatic rings. The molecule has 3 heterocycles. The summed E-state index contributed by atoms with van der Waals surface area (Å²) in [5.41, 5.74) is 1.55. The van der Waals surface area contributed by atoms with Gasteiger partial charge >= 0.3 is 0 Å². The number of amides is 1. The van der Waals surface area contributed by atoms with Gasteiger partial charge in [-0.1, -0.05) is 54.2 Å². The summed E-state index contributed by atoms with van der Waals surface area (Å²) in [6.45, 7) is 0. The molecule has 168 valence electrons. The third-order valence-electron chi connectivity index (χ3n) is 5.52. The lowest BCUT2D eigenvalue weighted by molar-refractivity contribution is -0.116. The van der Waals surface area contributed by atoms with Crippen molar-refractivity contribution in [3.8, 4) is 10.7 Å². The molecule has 0 saturated carbocycles. The fourth-order valence-corrected chi connectivity index (χ4v) is 7.24. The number of thioether (sulfide) groups is 1. The first-order valence-electron chi connectivity index (χ1n) is 10.5. The summed E-state index contributed by atoms with van der Waals surface area (Å²) >= 11 is 2.93. The van der Waals surface area contributed by atoms with Gasteiger partial charge in [-0.15, -0.1) is 11.3 Å². The lowest BCUT2D eigenvalue weighted by Gasteiger charge is -2.28. The van der Waals surface area contributed by atoms with E-state index in [-0.39, 0.29) is 29.2 Å². The van der Waals surface area contributed by atoms with E-state index < -0.39 is 9.84 Å². The van der Waals surface area contributed by atoms with Crippen LogP contribution in [0.4, 0.5) is 5.69 Å². The standard InChI is InChI=1S/C24H21N3O3S3/c28-22(27(17-7-2-1-3-8-17)18-12-14-33(29,30)16-18)15-32-24-19-9-4-5-10-20(19)25-23(26-24)21-11-6-13-31-21/h1-11,13,18H,12,14-16H2/t18-/m0/s1. The minimum absolute atomic E-state index is 0.00271. The zero-order valence-electron chi connectivity index (χ0n) is 17.6. The SMILES string of the molecule is O=C(CSc1nc(-c2cccs2)nc2ccccc12)N(c1ccccc1)[C@H]1CCS(=O)(=O)C1. The molecular formula is C24H21N3O3S3. The molecule has 0 bridgehead atoms. The summed E-state index contributed by atoms with van der Waals surface area (Å²) < 4.78 is 24.2. The number of benzene rings is 2. The van der Waals surface area contributed by atoms with Crippen LogP contribution in [-0.2, 0) is 14.6 Å². The number of hydrogen-bond acceptors (Lipinski definition) is 7. The number of para-hydroxylation sites is 2. The number of aromatic nitrogens is 2. The first-order valence-corrected chi connectivity index (χ1v) is 14.2. The highest BCUT2D eigenvalue weighted by molar-refractivity contribution is 8.00. The molecule has 0 radical (unpaired) electrons. The molecule has 1 atom stereocenters. The molecule has 0 aliphatic carbocycles. The third kappa shape index (κ3) is 4.80. The molecule has 6 nitrogen and oxygen atoms in total. The van der Waals surface area contributed by atoms with E-state index in [0.717, 1.165) is 26.5 Å². The number of carbonyl (C=O) groups is 1. The van der Waals surface area contributed by atoms with E-state index in [1.165, 1.54) is 11.8 Å². The predicted molar refractivity (Wildman–Crippen MR) is 135 cm³/mol. The molecule has 1 aliphatic heterocycles. The van der Waals surface area contributed by atoms with Crippen LogP contribution >= 0.6 is 23.1 Å². The number of hydrogen-bond donors (Lipinski definition) is 0. The monoisotopic (exact) mass is 495 g/mol. The van der Waals surface area contributed by atoms with Gasteiger partial charge in [0.1, 0.15) is 5.03 Å². The van der Waals surface area contributed by atoms with E-state index in [1.807, 2.05) is 72.1 Å². The lowest BCUT2D eigenvalue weighted by Crippen LogP contribution is -2.42. The second-order valence-corrected chi connectivity index (χ2v) is 11.9. The van der Waals surface area contributed by atoms with Gasteiger partial charge in [-0.05, 0) is 36.1 Å². The smallest absolute Gasteiger partial charge is 0.237 e. The van der Waals surface area contributed by atoms with Gasteiger partial charge in [-0.2, -0.15) is 0 Å². The summed E-state index contributed by atoms with van der Waals surface area (Å²) in [6, 6.07) is 20.7. The van der Waals surface area contributed by atoms with Gasteiger partial charge in [-0.3, -0.25) is 4.79 Å². The molecule has 4 aromatic rings. The minimum atomic E-state index is -3.13. The van der Waals surface area contributed by atoms with Crippen LogP contribution < -0.4 is 4.90 Å². The van der Waals surface area contributed by atoms with Crippen molar-refractivity contribution in [3.05, 3.63) is 72.1 Å². The zero-order chi connectivity index (χ0) is 22.8. The number of thiophene rings is 1. The van der Waals surface area contributed by atoms with E-state index in [1.54, 1.807) is 16.2 Å². The average molecular weight is 496 g/mol. The highest BCUT2D eigenvalue weighted by Gasteiger charge is 2.35. The van der Waals surface area contributed by atoms with Crippen molar-refractivity contribution in [2.45, 2.75) is 17.5 Å². The van der Waals surface area contributed by atoms with Gasteiger partial charge in [0.2, 0.25) is 5.91 Å². The van der Waals surface area contributed by atoms with Crippen LogP contribution in [0, 0.1) is 0 Å². The summed E-state index contributed by atoms with van der Waals surface area (Å²) in [7, 11) is -3.13. The molecule has 0 spiro atoms. The molecule has 0 unspecified atom stereocenters. The Morgan fingerprint density at radius 2 is 1.82 bits per heavy atom. The second-order valence-electron chi connectivity index (χ2n) is 7.79. The number of carbonyl (C=O) groups excluding carboxylic acids is 1. The third-order valence-corrected chi connectivity index (χ3v) is 9.11. The molecular weight excluding hydrogens is 474 g/mol. The van der Waals surface area contributed by atoms with Crippen LogP contribution in [0.25, 0.3) is 21.6 Å². The van der Waals surface area contributed by atoms with Crippen molar-refractivity contribution in [1.29, 1.82) is 0 Å². The van der Waals surface area contributed by atoms with Crippen LogP contribution in [0.3, 0.4) is 0 Å². The fraction of sp³-hybridized carbons (Fsp3) is 0.208. The van der Waals surface area contributed by atoms with Crippen molar-refractivity contribution in [3.63, 3.8) is 0 Å². The fourth-order valence-electron chi connectivity index (χ4n) is 4.00. The molecule has 5 rings (SSSR count). The topological polar surface area (TPSA) is 80.2 Å². The van der Waals surface area contributed by atoms with Crippen molar-refractivity contribution in [2.75, 3.05) is 22.2 Å². The van der Waals surface area contributed by atoms with E-state index in [4.69, 9.17) is 9.97 Å². The van der Waals surface area contributed by atoms with Gasteiger partial charge in [0.05, 0.1) is 33.7 Å². The maximum atomic E-state index is 13.4. The quantitative estimate of drug-likeness (QED) is 0.286. The first kappa shape index (κ1) is 22.1. The minimum Gasteiger partial charge on any atom is -0.308 e. The predicted octanol–water partition coefficient (Wildman–Crippen LogP) is 4.67. The van der Waals surface area contributed by atoms with E-state index in [0.29, 0.717) is 12.2 Å². The molecule has 1 saturated heterocycles. The number of sulfone groups is 1. The zero-order valence-corrected chi connectivity index (χ0v) is 20.1. The molecule has 33 heavy (non-hydrogen) atoms. The lowest BCUT2D eigenvalue weighted by atomic mass is 10.2. The largest absolute Gasteiger partial charge is 0.308 e. The molecule has 1 fully saturated rings. The van der Waals surface area contributed by atoms with Crippen LogP contribution in [0.15, 0.2) is 77.1 Å². The van der Waals surface area contributed by atoms with Crippen molar-refractivity contribution < 1.29 is 13.2 Å². The summed E-state index contributed by atoms with van der Waals surface area (Å²) in [6.07, 6.45) is 0.451. The van der Waals surface area contributed by atoms with Crippen LogP contribution in [0.2, 0.25) is 0 Å². The number of rotatable bonds is 6. The van der Waals surface area contributed by atoms with Gasteiger partial charge in [0, 0.05) is 11.1 Å². The first-order chi connectivity index (χ1) is 16.0. The van der Waals surface area contributed by atoms with E-state index in [2.05, 4.69) is 0 Å². The van der Waals surface area contributed by atoms with Crippen molar-refractivity contribution in [1.82, 2.24) is 9.97 Å². The van der Waals surface area contributed by atoms with E-state index >= 15 is 0 Å². The Morgan fingerprint density at radius 3 is 2.55 bits per heavy atom. The van der Waals surface area contributed by atoms with Crippen molar-refractivity contribution >= 4 is 55.4 Å². The summed E-state index contributed by atoms with van der Waals surface area (Å²) in [5, 5.41) is 3.62. The summed E-state index contributed by atoms with van der Waals surface area (Å²) in [4.78, 5) is 25.5. The Kier molecular flexibility index (Phi) is 6.18. The van der Waals surface area contributed by atoms with Gasteiger partial charge in [-0.25, -0.2) is 18.4 Å². The van der Waals surface area contributed by atoms with E-state index in [9.17, 15) is 13.2 Å². The molecule has 2 aromatic heterocycles. The molecule has 0 N–H and O–H groups in total. The maximum Gasteiger partial charge on any atom is 0.237 e. The molecule has 9 heteroatoms. The van der Waals surface area contributed by atoms with Gasteiger partial charge < -0.3 is 4.90 Å². The maximum absolute atomic E-state index is 13.4. The highest BCUT2D eigenvalue weighted by Crippen LogP contribution is 2.31. The number of anilines is 1. The Bertz CT molecular complexity index is 1390. The van der Waals surface area contributed by atoms with Crippen LogP contribution in [0.5, 0.6) is 0 Å². The van der Waals surface area contributed by atoms with Crippen molar-refractivity contribution in [2.24, 2.45) is 0 Å². The second kappa shape index (κ2) is 9.24. The Morgan fingerprint density at radius 1 is 1.03 bits per heavy atom. The van der Waals surface area contributed by atoms with Gasteiger partial charge in [0.15, 0.2) is 15.7 Å². The normalized spacial score (nSPS) is 17.3. The Balaban J connectivity index is 1.44. The molecule has 2 aromatic carbocycles. The highest BCUT2D eigenvalue weighted by atomic mass is 32.2. The Labute approximate surface area is 200 Å². The molecule has 1 amide bonds. The number of fused-ring (bicyclic) bond motifs is 1.